The van der Waals surface area contributed by atoms with Crippen molar-refractivity contribution in [2.45, 2.75) is 52.1 Å². The molecule has 0 atom stereocenters. The third kappa shape index (κ3) is 4.73. The van der Waals surface area contributed by atoms with Crippen molar-refractivity contribution in [3.63, 3.8) is 0 Å². The van der Waals surface area contributed by atoms with Crippen LogP contribution in [0.1, 0.15) is 56.1 Å². The lowest BCUT2D eigenvalue weighted by Crippen LogP contribution is -2.51. The fourth-order valence-electron chi connectivity index (χ4n) is 2.18. The lowest BCUT2D eigenvalue weighted by atomic mass is 9.90. The molecule has 3 N–H and O–H groups in total. The second-order valence-electron chi connectivity index (χ2n) is 4.99. The standard InChI is InChI=1S/C15H23N3O3/c1-4-15(5-2,6-3)18-14(21)17-10-12-9-11(13(19)20)7-8-16-12/h7-9H,4-6,10H2,1-3H3,(H,19,20)(H2,17,18,21). The van der Waals surface area contributed by atoms with Gasteiger partial charge in [0.1, 0.15) is 0 Å². The molecular formula is C15H23N3O3. The molecule has 0 spiro atoms. The van der Waals surface area contributed by atoms with E-state index in [1.165, 1.54) is 18.3 Å². The number of rotatable bonds is 7. The van der Waals surface area contributed by atoms with Gasteiger partial charge in [0.05, 0.1) is 17.8 Å². The van der Waals surface area contributed by atoms with Crippen molar-refractivity contribution in [3.8, 4) is 0 Å². The van der Waals surface area contributed by atoms with Crippen LogP contribution in [-0.4, -0.2) is 27.6 Å². The number of nitrogens with zero attached hydrogens (tertiary/aromatic N) is 1. The predicted octanol–water partition coefficient (Wildman–Crippen LogP) is 2.55. The van der Waals surface area contributed by atoms with Crippen LogP contribution in [-0.2, 0) is 6.54 Å². The van der Waals surface area contributed by atoms with E-state index in [4.69, 9.17) is 5.11 Å². The molecule has 0 radical (unpaired) electrons. The molecule has 6 nitrogen and oxygen atoms in total. The Balaban J connectivity index is 2.61. The summed E-state index contributed by atoms with van der Waals surface area (Å²) in [4.78, 5) is 26.9. The van der Waals surface area contributed by atoms with Gasteiger partial charge in [-0.25, -0.2) is 9.59 Å². The van der Waals surface area contributed by atoms with Gasteiger partial charge >= 0.3 is 12.0 Å². The number of pyridine rings is 1. The third-order valence-electron chi connectivity index (χ3n) is 3.90. The summed E-state index contributed by atoms with van der Waals surface area (Å²) in [6.07, 6.45) is 4.01. The van der Waals surface area contributed by atoms with E-state index in [2.05, 4.69) is 15.6 Å². The van der Waals surface area contributed by atoms with Gasteiger partial charge in [0.2, 0.25) is 0 Å². The Morgan fingerprint density at radius 1 is 1.24 bits per heavy atom. The van der Waals surface area contributed by atoms with Crippen molar-refractivity contribution in [1.82, 2.24) is 15.6 Å². The Bertz CT molecular complexity index is 490. The molecule has 0 aliphatic rings. The molecule has 21 heavy (non-hydrogen) atoms. The van der Waals surface area contributed by atoms with Gasteiger partial charge in [0.25, 0.3) is 0 Å². The SMILES string of the molecule is CCC(CC)(CC)NC(=O)NCc1cc(C(=O)O)ccn1. The molecule has 0 bridgehead atoms. The zero-order chi connectivity index (χ0) is 15.9. The highest BCUT2D eigenvalue weighted by Gasteiger charge is 2.25. The van der Waals surface area contributed by atoms with Gasteiger partial charge in [-0.05, 0) is 31.4 Å². The average molecular weight is 293 g/mol. The number of aromatic carboxylic acids is 1. The minimum atomic E-state index is -1.01. The summed E-state index contributed by atoms with van der Waals surface area (Å²) in [6.45, 7) is 6.34. The maximum Gasteiger partial charge on any atom is 0.335 e. The van der Waals surface area contributed by atoms with E-state index in [9.17, 15) is 9.59 Å². The van der Waals surface area contributed by atoms with Crippen LogP contribution in [0.25, 0.3) is 0 Å². The molecule has 0 aliphatic carbocycles. The van der Waals surface area contributed by atoms with E-state index in [0.29, 0.717) is 5.69 Å². The van der Waals surface area contributed by atoms with Crippen LogP contribution in [0.15, 0.2) is 18.3 Å². The van der Waals surface area contributed by atoms with Gasteiger partial charge in [-0.1, -0.05) is 20.8 Å². The van der Waals surface area contributed by atoms with Gasteiger partial charge < -0.3 is 15.7 Å². The van der Waals surface area contributed by atoms with Gasteiger partial charge in [-0.3, -0.25) is 4.98 Å². The molecule has 0 saturated carbocycles. The molecule has 0 fully saturated rings. The highest BCUT2D eigenvalue weighted by atomic mass is 16.4. The molecule has 0 aliphatic heterocycles. The van der Waals surface area contributed by atoms with Crippen LogP contribution in [0.2, 0.25) is 0 Å². The molecule has 0 aromatic carbocycles. The maximum atomic E-state index is 12.0. The second kappa shape index (κ2) is 7.61. The molecule has 0 unspecified atom stereocenters. The fourth-order valence-corrected chi connectivity index (χ4v) is 2.18. The van der Waals surface area contributed by atoms with Crippen LogP contribution >= 0.6 is 0 Å². The lowest BCUT2D eigenvalue weighted by molar-refractivity contribution is 0.0696. The van der Waals surface area contributed by atoms with Gasteiger partial charge in [-0.15, -0.1) is 0 Å². The number of nitrogens with one attached hydrogen (secondary N) is 2. The summed E-state index contributed by atoms with van der Waals surface area (Å²) in [7, 11) is 0. The van der Waals surface area contributed by atoms with E-state index in [1.807, 2.05) is 20.8 Å². The van der Waals surface area contributed by atoms with Crippen molar-refractivity contribution in [1.29, 1.82) is 0 Å². The molecule has 0 saturated heterocycles. The van der Waals surface area contributed by atoms with Crippen LogP contribution < -0.4 is 10.6 Å². The van der Waals surface area contributed by atoms with Gasteiger partial charge in [-0.2, -0.15) is 0 Å². The summed E-state index contributed by atoms with van der Waals surface area (Å²) >= 11 is 0. The van der Waals surface area contributed by atoms with E-state index >= 15 is 0 Å². The highest BCUT2D eigenvalue weighted by molar-refractivity contribution is 5.87. The largest absolute Gasteiger partial charge is 0.478 e. The maximum absolute atomic E-state index is 12.0. The normalized spacial score (nSPS) is 11.0. The highest BCUT2D eigenvalue weighted by Crippen LogP contribution is 2.18. The van der Waals surface area contributed by atoms with Gasteiger partial charge in [0, 0.05) is 11.7 Å². The molecule has 2 amide bonds. The summed E-state index contributed by atoms with van der Waals surface area (Å²) < 4.78 is 0. The van der Waals surface area contributed by atoms with Crippen LogP contribution in [0, 0.1) is 0 Å². The van der Waals surface area contributed by atoms with Crippen LogP contribution in [0.4, 0.5) is 4.79 Å². The van der Waals surface area contributed by atoms with Crippen LogP contribution in [0.3, 0.4) is 0 Å². The second-order valence-corrected chi connectivity index (χ2v) is 4.99. The molecule has 1 aromatic heterocycles. The topological polar surface area (TPSA) is 91.3 Å². The zero-order valence-electron chi connectivity index (χ0n) is 12.8. The summed E-state index contributed by atoms with van der Waals surface area (Å²) in [5.41, 5.74) is 0.479. The number of hydrogen-bond donors (Lipinski definition) is 3. The Morgan fingerprint density at radius 3 is 2.38 bits per heavy atom. The molecule has 6 heteroatoms. The molecule has 1 rings (SSSR count). The molecule has 1 heterocycles. The predicted molar refractivity (Wildman–Crippen MR) is 80.2 cm³/mol. The van der Waals surface area contributed by atoms with E-state index < -0.39 is 5.97 Å². The zero-order valence-corrected chi connectivity index (χ0v) is 12.8. The van der Waals surface area contributed by atoms with Crippen molar-refractivity contribution < 1.29 is 14.7 Å². The van der Waals surface area contributed by atoms with E-state index in [1.54, 1.807) is 0 Å². The van der Waals surface area contributed by atoms with Crippen molar-refractivity contribution in [2.24, 2.45) is 0 Å². The minimum absolute atomic E-state index is 0.159. The quantitative estimate of drug-likeness (QED) is 0.720. The Morgan fingerprint density at radius 2 is 1.86 bits per heavy atom. The monoisotopic (exact) mass is 293 g/mol. The first-order valence-electron chi connectivity index (χ1n) is 7.20. The third-order valence-corrected chi connectivity index (χ3v) is 3.90. The number of carboxylic acid groups (broad SMARTS) is 1. The number of carboxylic acids is 1. The molecule has 1 aromatic rings. The number of aromatic nitrogens is 1. The summed E-state index contributed by atoms with van der Waals surface area (Å²) in [5, 5.41) is 14.6. The lowest BCUT2D eigenvalue weighted by Gasteiger charge is -2.31. The number of carbonyl (C=O) groups is 2. The van der Waals surface area contributed by atoms with Crippen molar-refractivity contribution in [3.05, 3.63) is 29.6 Å². The fraction of sp³-hybridized carbons (Fsp3) is 0.533. The van der Waals surface area contributed by atoms with E-state index in [-0.39, 0.29) is 23.7 Å². The van der Waals surface area contributed by atoms with Crippen molar-refractivity contribution in [2.75, 3.05) is 0 Å². The first kappa shape index (κ1) is 16.9. The summed E-state index contributed by atoms with van der Waals surface area (Å²) in [6, 6.07) is 2.61. The van der Waals surface area contributed by atoms with E-state index in [0.717, 1.165) is 19.3 Å². The number of urea groups is 1. The minimum Gasteiger partial charge on any atom is -0.478 e. The number of carbonyl (C=O) groups excluding carboxylic acids is 1. The van der Waals surface area contributed by atoms with Crippen molar-refractivity contribution >= 4 is 12.0 Å². The first-order valence-corrected chi connectivity index (χ1v) is 7.20. The Labute approximate surface area is 125 Å². The average Bonchev–Trinajstić information content (AvgIpc) is 2.51. The summed E-state index contributed by atoms with van der Waals surface area (Å²) in [5.74, 6) is -1.01. The first-order chi connectivity index (χ1) is 9.96. The number of amides is 2. The Hall–Kier alpha value is -2.11. The van der Waals surface area contributed by atoms with Crippen LogP contribution in [0.5, 0.6) is 0 Å². The molecular weight excluding hydrogens is 270 g/mol. The molecule has 116 valence electrons. The smallest absolute Gasteiger partial charge is 0.335 e. The Kier molecular flexibility index (Phi) is 6.14. The van der Waals surface area contributed by atoms with Gasteiger partial charge in [0.15, 0.2) is 0 Å². The number of hydrogen-bond acceptors (Lipinski definition) is 3.